The Kier molecular flexibility index (Phi) is 5.46. The van der Waals surface area contributed by atoms with E-state index in [9.17, 15) is 9.90 Å². The molecule has 1 unspecified atom stereocenters. The van der Waals surface area contributed by atoms with E-state index in [4.69, 9.17) is 9.47 Å². The van der Waals surface area contributed by atoms with E-state index >= 15 is 0 Å². The molecule has 25 heavy (non-hydrogen) atoms. The first kappa shape index (κ1) is 18.4. The van der Waals surface area contributed by atoms with Gasteiger partial charge in [-0.15, -0.1) is 0 Å². The highest BCUT2D eigenvalue weighted by Crippen LogP contribution is 2.39. The predicted octanol–water partition coefficient (Wildman–Crippen LogP) is 2.09. The van der Waals surface area contributed by atoms with Gasteiger partial charge < -0.3 is 19.5 Å². The molecule has 5 nitrogen and oxygen atoms in total. The van der Waals surface area contributed by atoms with Gasteiger partial charge in [-0.05, 0) is 25.3 Å². The number of likely N-dealkylation sites (tertiary alicyclic amines) is 1. The molecule has 0 radical (unpaired) electrons. The smallest absolute Gasteiger partial charge is 0.226 e. The molecule has 0 aromatic heterocycles. The zero-order valence-corrected chi connectivity index (χ0v) is 15.3. The Morgan fingerprint density at radius 3 is 2.56 bits per heavy atom. The van der Waals surface area contributed by atoms with Crippen LogP contribution in [0.5, 0.6) is 0 Å². The van der Waals surface area contributed by atoms with Crippen LogP contribution in [0.3, 0.4) is 0 Å². The van der Waals surface area contributed by atoms with Crippen molar-refractivity contribution in [2.45, 2.75) is 50.2 Å². The van der Waals surface area contributed by atoms with Crippen LogP contribution in [0.4, 0.5) is 0 Å². The number of piperidine rings is 1. The molecule has 1 spiro atoms. The maximum absolute atomic E-state index is 12.6. The third-order valence-electron chi connectivity index (χ3n) is 5.54. The summed E-state index contributed by atoms with van der Waals surface area (Å²) >= 11 is 0. The van der Waals surface area contributed by atoms with Gasteiger partial charge in [0.15, 0.2) is 0 Å². The van der Waals surface area contributed by atoms with Crippen LogP contribution in [-0.4, -0.2) is 60.5 Å². The number of aliphatic hydroxyl groups is 1. The predicted molar refractivity (Wildman–Crippen MR) is 95.4 cm³/mol. The zero-order valence-electron chi connectivity index (χ0n) is 15.3. The summed E-state index contributed by atoms with van der Waals surface area (Å²) in [5.41, 5.74) is 1.14. The minimum atomic E-state index is -0.804. The van der Waals surface area contributed by atoms with Crippen molar-refractivity contribution in [1.29, 1.82) is 0 Å². The summed E-state index contributed by atoms with van der Waals surface area (Å²) in [5, 5.41) is 10.7. The monoisotopic (exact) mass is 347 g/mol. The lowest BCUT2D eigenvalue weighted by Gasteiger charge is -2.49. The Hall–Kier alpha value is -1.43. The van der Waals surface area contributed by atoms with E-state index in [1.807, 2.05) is 36.1 Å². The second-order valence-electron chi connectivity index (χ2n) is 7.66. The Labute approximate surface area is 149 Å². The van der Waals surface area contributed by atoms with Gasteiger partial charge in [0.05, 0.1) is 30.8 Å². The Balaban J connectivity index is 1.56. The lowest BCUT2D eigenvalue weighted by molar-refractivity contribution is -0.192. The Morgan fingerprint density at radius 2 is 1.92 bits per heavy atom. The minimum absolute atomic E-state index is 0.168. The molecular formula is C20H29NO4. The summed E-state index contributed by atoms with van der Waals surface area (Å²) < 4.78 is 11.2. The second-order valence-corrected chi connectivity index (χ2v) is 7.66. The normalized spacial score (nSPS) is 26.0. The molecule has 1 N–H and O–H groups in total. The molecule has 0 saturated carbocycles. The van der Waals surface area contributed by atoms with Gasteiger partial charge >= 0.3 is 0 Å². The molecule has 2 aliphatic rings. The number of amides is 1. The summed E-state index contributed by atoms with van der Waals surface area (Å²) in [4.78, 5) is 14.5. The van der Waals surface area contributed by atoms with Crippen molar-refractivity contribution in [3.63, 3.8) is 0 Å². The van der Waals surface area contributed by atoms with Crippen LogP contribution in [0.1, 0.15) is 36.8 Å². The highest BCUT2D eigenvalue weighted by Gasteiger charge is 2.46. The number of carbonyl (C=O) groups is 1. The van der Waals surface area contributed by atoms with Crippen molar-refractivity contribution in [2.75, 3.05) is 33.4 Å². The summed E-state index contributed by atoms with van der Waals surface area (Å²) in [6, 6.07) is 8.13. The van der Waals surface area contributed by atoms with Crippen molar-refractivity contribution in [2.24, 2.45) is 0 Å². The molecule has 1 amide bonds. The van der Waals surface area contributed by atoms with Crippen LogP contribution in [0.25, 0.3) is 0 Å². The molecule has 2 aliphatic heterocycles. The maximum atomic E-state index is 12.6. The van der Waals surface area contributed by atoms with Gasteiger partial charge in [-0.25, -0.2) is 0 Å². The Bertz CT molecular complexity index is 588. The topological polar surface area (TPSA) is 59.0 Å². The first-order valence-electron chi connectivity index (χ1n) is 9.12. The molecule has 138 valence electrons. The number of ether oxygens (including phenoxy) is 2. The van der Waals surface area contributed by atoms with Crippen LogP contribution in [0.2, 0.25) is 0 Å². The van der Waals surface area contributed by atoms with Gasteiger partial charge in [0.25, 0.3) is 0 Å². The van der Waals surface area contributed by atoms with Gasteiger partial charge in [0.2, 0.25) is 5.91 Å². The molecule has 0 bridgehead atoms. The highest BCUT2D eigenvalue weighted by molar-refractivity contribution is 5.78. The minimum Gasteiger partial charge on any atom is -0.387 e. The number of benzene rings is 1. The van der Waals surface area contributed by atoms with Crippen LogP contribution < -0.4 is 0 Å². The zero-order chi connectivity index (χ0) is 17.9. The number of methoxy groups -OCH3 is 1. The molecule has 2 heterocycles. The van der Waals surface area contributed by atoms with E-state index in [1.165, 1.54) is 5.56 Å². The first-order valence-corrected chi connectivity index (χ1v) is 9.12. The molecule has 1 aromatic rings. The number of hydrogen-bond donors (Lipinski definition) is 1. The molecule has 2 saturated heterocycles. The molecule has 0 aliphatic carbocycles. The van der Waals surface area contributed by atoms with E-state index in [0.717, 1.165) is 18.4 Å². The summed E-state index contributed by atoms with van der Waals surface area (Å²) in [6.45, 7) is 4.32. The van der Waals surface area contributed by atoms with E-state index in [0.29, 0.717) is 45.6 Å². The number of hydrogen-bond acceptors (Lipinski definition) is 4. The lowest BCUT2D eigenvalue weighted by atomic mass is 9.77. The second kappa shape index (κ2) is 7.44. The SMILES string of the molecule is COCC1(O)CCOC2(CCN(C(=O)Cc3ccc(C)cc3)CC2)C1. The van der Waals surface area contributed by atoms with Crippen molar-refractivity contribution in [1.82, 2.24) is 4.90 Å². The maximum Gasteiger partial charge on any atom is 0.226 e. The number of nitrogens with zero attached hydrogens (tertiary/aromatic N) is 1. The molecule has 1 aromatic carbocycles. The fourth-order valence-electron chi connectivity index (χ4n) is 4.07. The van der Waals surface area contributed by atoms with Gasteiger partial charge in [-0.3, -0.25) is 4.79 Å². The third-order valence-corrected chi connectivity index (χ3v) is 5.54. The van der Waals surface area contributed by atoms with Crippen molar-refractivity contribution >= 4 is 5.91 Å². The van der Waals surface area contributed by atoms with Crippen LogP contribution >= 0.6 is 0 Å². The summed E-state index contributed by atoms with van der Waals surface area (Å²) in [7, 11) is 1.62. The molecule has 1 atom stereocenters. The summed E-state index contributed by atoms with van der Waals surface area (Å²) in [5.74, 6) is 0.168. The van der Waals surface area contributed by atoms with E-state index in [2.05, 4.69) is 0 Å². The fraction of sp³-hybridized carbons (Fsp3) is 0.650. The van der Waals surface area contributed by atoms with Gasteiger partial charge in [-0.2, -0.15) is 0 Å². The highest BCUT2D eigenvalue weighted by atomic mass is 16.5. The lowest BCUT2D eigenvalue weighted by Crippen LogP contribution is -2.56. The third kappa shape index (κ3) is 4.40. The van der Waals surface area contributed by atoms with Gasteiger partial charge in [0, 0.05) is 33.0 Å². The number of aryl methyl sites for hydroxylation is 1. The van der Waals surface area contributed by atoms with Crippen molar-refractivity contribution in [3.05, 3.63) is 35.4 Å². The standard InChI is InChI=1S/C20H29NO4/c1-16-3-5-17(6-4-16)13-18(22)21-10-7-20(8-11-21)14-19(23,15-24-2)9-12-25-20/h3-6,23H,7-15H2,1-2H3. The number of rotatable bonds is 4. The van der Waals surface area contributed by atoms with Gasteiger partial charge in [-0.1, -0.05) is 29.8 Å². The van der Waals surface area contributed by atoms with Crippen LogP contribution in [0, 0.1) is 6.92 Å². The van der Waals surface area contributed by atoms with Crippen LogP contribution in [-0.2, 0) is 20.7 Å². The fourth-order valence-corrected chi connectivity index (χ4v) is 4.07. The quantitative estimate of drug-likeness (QED) is 0.906. The molecular weight excluding hydrogens is 318 g/mol. The van der Waals surface area contributed by atoms with Crippen molar-refractivity contribution in [3.8, 4) is 0 Å². The van der Waals surface area contributed by atoms with E-state index in [1.54, 1.807) is 7.11 Å². The molecule has 2 fully saturated rings. The van der Waals surface area contributed by atoms with E-state index in [-0.39, 0.29) is 11.5 Å². The molecule has 3 rings (SSSR count). The average molecular weight is 347 g/mol. The largest absolute Gasteiger partial charge is 0.387 e. The summed E-state index contributed by atoms with van der Waals surface area (Å²) in [6.07, 6.45) is 3.20. The average Bonchev–Trinajstić information content (AvgIpc) is 2.57. The first-order chi connectivity index (χ1) is 11.9. The van der Waals surface area contributed by atoms with Gasteiger partial charge in [0.1, 0.15) is 0 Å². The Morgan fingerprint density at radius 1 is 1.24 bits per heavy atom. The molecule has 5 heteroatoms. The van der Waals surface area contributed by atoms with Crippen LogP contribution in [0.15, 0.2) is 24.3 Å². The van der Waals surface area contributed by atoms with E-state index < -0.39 is 5.60 Å². The van der Waals surface area contributed by atoms with Crippen molar-refractivity contribution < 1.29 is 19.4 Å². The number of carbonyl (C=O) groups excluding carboxylic acids is 1.